The molecule has 19 heavy (non-hydrogen) atoms. The summed E-state index contributed by atoms with van der Waals surface area (Å²) in [7, 11) is 0. The molecule has 0 spiro atoms. The van der Waals surface area contributed by atoms with E-state index in [4.69, 9.17) is 5.73 Å². The first-order valence-corrected chi connectivity index (χ1v) is 7.73. The van der Waals surface area contributed by atoms with Gasteiger partial charge in [-0.25, -0.2) is 0 Å². The SMILES string of the molecule is CCN(CC1CCC1)CC(C)C(N)c1ccccc1. The number of nitrogens with two attached hydrogens (primary N) is 1. The second-order valence-electron chi connectivity index (χ2n) is 6.06. The Hall–Kier alpha value is -0.860. The molecule has 1 saturated carbocycles. The zero-order valence-electron chi connectivity index (χ0n) is 12.4. The molecule has 106 valence electrons. The van der Waals surface area contributed by atoms with Crippen molar-refractivity contribution >= 4 is 0 Å². The van der Waals surface area contributed by atoms with Gasteiger partial charge in [0.1, 0.15) is 0 Å². The van der Waals surface area contributed by atoms with Gasteiger partial charge in [-0.15, -0.1) is 0 Å². The first-order valence-electron chi connectivity index (χ1n) is 7.73. The highest BCUT2D eigenvalue weighted by atomic mass is 15.1. The van der Waals surface area contributed by atoms with E-state index in [1.807, 2.05) is 0 Å². The Morgan fingerprint density at radius 1 is 1.26 bits per heavy atom. The van der Waals surface area contributed by atoms with Gasteiger partial charge < -0.3 is 10.6 Å². The molecule has 2 heteroatoms. The minimum atomic E-state index is 0.150. The van der Waals surface area contributed by atoms with Crippen LogP contribution < -0.4 is 5.73 Å². The van der Waals surface area contributed by atoms with E-state index in [9.17, 15) is 0 Å². The van der Waals surface area contributed by atoms with Gasteiger partial charge in [0.2, 0.25) is 0 Å². The van der Waals surface area contributed by atoms with Crippen LogP contribution in [0, 0.1) is 11.8 Å². The Labute approximate surface area is 118 Å². The molecule has 1 aliphatic rings. The fraction of sp³-hybridized carbons (Fsp3) is 0.647. The number of rotatable bonds is 7. The summed E-state index contributed by atoms with van der Waals surface area (Å²) in [4.78, 5) is 2.58. The first-order chi connectivity index (χ1) is 9.20. The third kappa shape index (κ3) is 4.05. The molecule has 2 rings (SSSR count). The molecule has 1 aliphatic carbocycles. The summed E-state index contributed by atoms with van der Waals surface area (Å²) in [5, 5.41) is 0. The van der Waals surface area contributed by atoms with Gasteiger partial charge >= 0.3 is 0 Å². The van der Waals surface area contributed by atoms with Crippen LogP contribution in [-0.2, 0) is 0 Å². The quantitative estimate of drug-likeness (QED) is 0.813. The van der Waals surface area contributed by atoms with Crippen LogP contribution >= 0.6 is 0 Å². The van der Waals surface area contributed by atoms with Gasteiger partial charge in [-0.1, -0.05) is 50.6 Å². The van der Waals surface area contributed by atoms with Crippen molar-refractivity contribution in [1.82, 2.24) is 4.90 Å². The fourth-order valence-corrected chi connectivity index (χ4v) is 2.90. The van der Waals surface area contributed by atoms with E-state index in [1.165, 1.54) is 31.4 Å². The van der Waals surface area contributed by atoms with E-state index in [1.54, 1.807) is 0 Å². The van der Waals surface area contributed by atoms with Crippen molar-refractivity contribution in [2.45, 2.75) is 39.2 Å². The summed E-state index contributed by atoms with van der Waals surface area (Å²) < 4.78 is 0. The molecule has 2 N–H and O–H groups in total. The van der Waals surface area contributed by atoms with Crippen LogP contribution in [-0.4, -0.2) is 24.5 Å². The van der Waals surface area contributed by atoms with E-state index in [0.29, 0.717) is 5.92 Å². The monoisotopic (exact) mass is 260 g/mol. The summed E-state index contributed by atoms with van der Waals surface area (Å²) in [5.74, 6) is 1.45. The van der Waals surface area contributed by atoms with Crippen LogP contribution in [0.25, 0.3) is 0 Å². The largest absolute Gasteiger partial charge is 0.324 e. The highest BCUT2D eigenvalue weighted by Crippen LogP contribution is 2.28. The Morgan fingerprint density at radius 2 is 1.95 bits per heavy atom. The molecule has 0 radical (unpaired) electrons. The average molecular weight is 260 g/mol. The second-order valence-corrected chi connectivity index (χ2v) is 6.06. The van der Waals surface area contributed by atoms with Gasteiger partial charge in [0.05, 0.1) is 0 Å². The smallest absolute Gasteiger partial charge is 0.0333 e. The lowest BCUT2D eigenvalue weighted by molar-refractivity contribution is 0.160. The molecule has 1 aromatic rings. The van der Waals surface area contributed by atoms with Crippen molar-refractivity contribution < 1.29 is 0 Å². The molecule has 2 nitrogen and oxygen atoms in total. The number of nitrogens with zero attached hydrogens (tertiary/aromatic N) is 1. The Kier molecular flexibility index (Phi) is 5.41. The lowest BCUT2D eigenvalue weighted by Crippen LogP contribution is -2.38. The van der Waals surface area contributed by atoms with Gasteiger partial charge in [-0.2, -0.15) is 0 Å². The highest BCUT2D eigenvalue weighted by molar-refractivity contribution is 5.19. The van der Waals surface area contributed by atoms with Gasteiger partial charge in [0.25, 0.3) is 0 Å². The van der Waals surface area contributed by atoms with Gasteiger partial charge in [0.15, 0.2) is 0 Å². The summed E-state index contributed by atoms with van der Waals surface area (Å²) in [6.07, 6.45) is 4.28. The lowest BCUT2D eigenvalue weighted by atomic mass is 9.84. The van der Waals surface area contributed by atoms with Crippen molar-refractivity contribution in [2.24, 2.45) is 17.6 Å². The minimum absolute atomic E-state index is 0.150. The lowest BCUT2D eigenvalue weighted by Gasteiger charge is -2.34. The van der Waals surface area contributed by atoms with Crippen molar-refractivity contribution in [3.05, 3.63) is 35.9 Å². The van der Waals surface area contributed by atoms with Crippen molar-refractivity contribution in [1.29, 1.82) is 0 Å². The van der Waals surface area contributed by atoms with Crippen LogP contribution in [0.15, 0.2) is 30.3 Å². The fourth-order valence-electron chi connectivity index (χ4n) is 2.90. The molecular formula is C17H28N2. The van der Waals surface area contributed by atoms with Crippen LogP contribution in [0.1, 0.15) is 44.7 Å². The van der Waals surface area contributed by atoms with Gasteiger partial charge in [-0.05, 0) is 36.8 Å². The maximum Gasteiger partial charge on any atom is 0.0333 e. The first kappa shape index (κ1) is 14.5. The van der Waals surface area contributed by atoms with E-state index in [2.05, 4.69) is 49.1 Å². The predicted molar refractivity (Wildman–Crippen MR) is 82.0 cm³/mol. The predicted octanol–water partition coefficient (Wildman–Crippen LogP) is 3.44. The van der Waals surface area contributed by atoms with Crippen LogP contribution in [0.3, 0.4) is 0 Å². The van der Waals surface area contributed by atoms with E-state index in [-0.39, 0.29) is 6.04 Å². The van der Waals surface area contributed by atoms with Crippen LogP contribution in [0.2, 0.25) is 0 Å². The molecule has 2 atom stereocenters. The van der Waals surface area contributed by atoms with Crippen LogP contribution in [0.4, 0.5) is 0 Å². The Balaban J connectivity index is 1.85. The molecule has 0 bridgehead atoms. The summed E-state index contributed by atoms with van der Waals surface area (Å²) in [5.41, 5.74) is 7.65. The van der Waals surface area contributed by atoms with E-state index >= 15 is 0 Å². The van der Waals surface area contributed by atoms with Crippen molar-refractivity contribution in [3.63, 3.8) is 0 Å². The summed E-state index contributed by atoms with van der Waals surface area (Å²) in [6, 6.07) is 10.6. The maximum absolute atomic E-state index is 6.39. The molecule has 0 aliphatic heterocycles. The Bertz CT molecular complexity index is 359. The Morgan fingerprint density at radius 3 is 2.47 bits per heavy atom. The normalized spacial score (nSPS) is 19.2. The number of hydrogen-bond donors (Lipinski definition) is 1. The van der Waals surface area contributed by atoms with E-state index in [0.717, 1.165) is 19.0 Å². The maximum atomic E-state index is 6.39. The van der Waals surface area contributed by atoms with Crippen molar-refractivity contribution in [2.75, 3.05) is 19.6 Å². The van der Waals surface area contributed by atoms with Crippen LogP contribution in [0.5, 0.6) is 0 Å². The molecule has 1 aromatic carbocycles. The molecule has 1 fully saturated rings. The van der Waals surface area contributed by atoms with E-state index < -0.39 is 0 Å². The zero-order valence-corrected chi connectivity index (χ0v) is 12.4. The summed E-state index contributed by atoms with van der Waals surface area (Å²) >= 11 is 0. The molecule has 0 aromatic heterocycles. The van der Waals surface area contributed by atoms with Gasteiger partial charge in [0, 0.05) is 19.1 Å². The third-order valence-corrected chi connectivity index (χ3v) is 4.53. The molecule has 0 saturated heterocycles. The minimum Gasteiger partial charge on any atom is -0.324 e. The van der Waals surface area contributed by atoms with Crippen molar-refractivity contribution in [3.8, 4) is 0 Å². The number of hydrogen-bond acceptors (Lipinski definition) is 2. The average Bonchev–Trinajstić information content (AvgIpc) is 2.41. The second kappa shape index (κ2) is 7.06. The third-order valence-electron chi connectivity index (χ3n) is 4.53. The molecular weight excluding hydrogens is 232 g/mol. The molecule has 2 unspecified atom stereocenters. The number of benzene rings is 1. The molecule has 0 amide bonds. The highest BCUT2D eigenvalue weighted by Gasteiger charge is 2.22. The zero-order chi connectivity index (χ0) is 13.7. The topological polar surface area (TPSA) is 29.3 Å². The van der Waals surface area contributed by atoms with Gasteiger partial charge in [-0.3, -0.25) is 0 Å². The standard InChI is InChI=1S/C17H28N2/c1-3-19(13-15-8-7-9-15)12-14(2)17(18)16-10-5-4-6-11-16/h4-6,10-11,14-15,17H,3,7-9,12-13,18H2,1-2H3. The molecule has 0 heterocycles. The summed E-state index contributed by atoms with van der Waals surface area (Å²) in [6.45, 7) is 8.06.